The van der Waals surface area contributed by atoms with Crippen LogP contribution in [0.1, 0.15) is 11.1 Å². The summed E-state index contributed by atoms with van der Waals surface area (Å²) >= 11 is 5.77. The van der Waals surface area contributed by atoms with E-state index in [9.17, 15) is 12.3 Å². The Balaban J connectivity index is 3.10. The summed E-state index contributed by atoms with van der Waals surface area (Å²) < 4.78 is 33.0. The van der Waals surface area contributed by atoms with Crippen LogP contribution in [0.2, 0.25) is 5.02 Å². The number of hydrogen-bond donors (Lipinski definition) is 0. The van der Waals surface area contributed by atoms with Gasteiger partial charge in [0.2, 0.25) is 0 Å². The lowest BCUT2D eigenvalue weighted by Gasteiger charge is -2.03. The van der Waals surface area contributed by atoms with Gasteiger partial charge in [-0.3, -0.25) is 0 Å². The normalized spacial score (nSPS) is 11.6. The van der Waals surface area contributed by atoms with Gasteiger partial charge in [0.05, 0.1) is 0 Å². The molecule has 0 atom stereocenters. The molecule has 0 heterocycles. The van der Waals surface area contributed by atoms with Gasteiger partial charge in [0.25, 0.3) is 0 Å². The van der Waals surface area contributed by atoms with Crippen molar-refractivity contribution in [3.8, 4) is 0 Å². The third-order valence-corrected chi connectivity index (χ3v) is 2.80. The van der Waals surface area contributed by atoms with Gasteiger partial charge in [0.15, 0.2) is 0 Å². The molecule has 13 heavy (non-hydrogen) atoms. The fourth-order valence-electron chi connectivity index (χ4n) is 1.01. The number of aryl methyl sites for hydroxylation is 1. The average molecular weight is 223 g/mol. The molecular weight excluding hydrogens is 215 g/mol. The van der Waals surface area contributed by atoms with Crippen LogP contribution in [0.15, 0.2) is 18.2 Å². The first-order valence-corrected chi connectivity index (χ1v) is 5.49. The maximum atomic E-state index is 12.3. The highest BCUT2D eigenvalue weighted by molar-refractivity contribution is 7.85. The lowest BCUT2D eigenvalue weighted by Crippen LogP contribution is -1.97. The first kappa shape index (κ1) is 10.5. The predicted molar refractivity (Wildman–Crippen MR) is 49.9 cm³/mol. The summed E-state index contributed by atoms with van der Waals surface area (Å²) in [4.78, 5) is 0. The quantitative estimate of drug-likeness (QED) is 0.721. The Morgan fingerprint density at radius 1 is 1.46 bits per heavy atom. The molecule has 0 aromatic heterocycles. The summed E-state index contributed by atoms with van der Waals surface area (Å²) in [6, 6.07) is 4.87. The Bertz CT molecular complexity index is 414. The van der Waals surface area contributed by atoms with Crippen LogP contribution in [0, 0.1) is 6.92 Å². The molecule has 0 bridgehead atoms. The largest absolute Gasteiger partial charge is 0.306 e. The third kappa shape index (κ3) is 2.97. The fourth-order valence-corrected chi connectivity index (χ4v) is 1.89. The van der Waals surface area contributed by atoms with Gasteiger partial charge in [-0.15, -0.1) is 3.89 Å². The van der Waals surface area contributed by atoms with E-state index in [1.807, 2.05) is 0 Å². The maximum Gasteiger partial charge on any atom is 0.306 e. The molecule has 5 heteroatoms. The molecule has 1 aromatic rings. The van der Waals surface area contributed by atoms with Crippen LogP contribution in [-0.4, -0.2) is 8.42 Å². The molecule has 72 valence electrons. The summed E-state index contributed by atoms with van der Waals surface area (Å²) in [5, 5.41) is 0.309. The highest BCUT2D eigenvalue weighted by atomic mass is 35.5. The molecule has 0 N–H and O–H groups in total. The summed E-state index contributed by atoms with van der Waals surface area (Å²) in [7, 11) is -4.50. The molecule has 0 saturated carbocycles. The van der Waals surface area contributed by atoms with E-state index in [0.29, 0.717) is 10.6 Å². The first-order valence-electron chi connectivity index (χ1n) is 3.56. The molecule has 0 aliphatic carbocycles. The van der Waals surface area contributed by atoms with Crippen molar-refractivity contribution in [2.75, 3.05) is 0 Å². The standard InChI is InChI=1S/C8H8ClFO2S/c1-6-3-2-4-7(8(6)9)5-13(10,11)12/h2-4H,5H2,1H3. The van der Waals surface area contributed by atoms with Crippen LogP contribution in [0.5, 0.6) is 0 Å². The van der Waals surface area contributed by atoms with Crippen molar-refractivity contribution in [2.24, 2.45) is 0 Å². The van der Waals surface area contributed by atoms with Gasteiger partial charge < -0.3 is 0 Å². The average Bonchev–Trinajstić information content (AvgIpc) is 1.96. The van der Waals surface area contributed by atoms with Gasteiger partial charge in [-0.05, 0) is 18.1 Å². The minimum atomic E-state index is -4.50. The van der Waals surface area contributed by atoms with Gasteiger partial charge in [-0.1, -0.05) is 29.8 Å². The summed E-state index contributed by atoms with van der Waals surface area (Å²) in [5.74, 6) is -0.659. The van der Waals surface area contributed by atoms with E-state index in [1.165, 1.54) is 6.07 Å². The molecule has 2 nitrogen and oxygen atoms in total. The van der Waals surface area contributed by atoms with Crippen LogP contribution in [0.3, 0.4) is 0 Å². The number of rotatable bonds is 2. The summed E-state index contributed by atoms with van der Waals surface area (Å²) in [6.07, 6.45) is 0. The van der Waals surface area contributed by atoms with E-state index in [-0.39, 0.29) is 0 Å². The van der Waals surface area contributed by atoms with Gasteiger partial charge in [-0.2, -0.15) is 8.42 Å². The monoisotopic (exact) mass is 222 g/mol. The maximum absolute atomic E-state index is 12.3. The zero-order valence-electron chi connectivity index (χ0n) is 6.92. The molecule has 0 fully saturated rings. The Morgan fingerprint density at radius 2 is 2.08 bits per heavy atom. The second-order valence-electron chi connectivity index (χ2n) is 2.73. The molecule has 0 aliphatic heterocycles. The zero-order chi connectivity index (χ0) is 10.1. The Morgan fingerprint density at radius 3 is 2.62 bits per heavy atom. The van der Waals surface area contributed by atoms with Crippen LogP contribution in [-0.2, 0) is 16.0 Å². The molecular formula is C8H8ClFO2S. The SMILES string of the molecule is Cc1cccc(CS(=O)(=O)F)c1Cl. The van der Waals surface area contributed by atoms with Crippen molar-refractivity contribution in [3.05, 3.63) is 34.3 Å². The third-order valence-electron chi connectivity index (χ3n) is 1.60. The Hall–Kier alpha value is -0.610. The zero-order valence-corrected chi connectivity index (χ0v) is 8.49. The summed E-state index contributed by atoms with van der Waals surface area (Å²) in [6.45, 7) is 1.73. The second kappa shape index (κ2) is 3.64. The molecule has 0 aliphatic rings. The summed E-state index contributed by atoms with van der Waals surface area (Å²) in [5.41, 5.74) is 1.03. The second-order valence-corrected chi connectivity index (χ2v) is 4.48. The fraction of sp³-hybridized carbons (Fsp3) is 0.250. The first-order chi connectivity index (χ1) is 5.90. The lowest BCUT2D eigenvalue weighted by atomic mass is 10.2. The molecule has 1 aromatic carbocycles. The highest BCUT2D eigenvalue weighted by Crippen LogP contribution is 2.22. The van der Waals surface area contributed by atoms with Crippen LogP contribution in [0.4, 0.5) is 3.89 Å². The molecule has 0 radical (unpaired) electrons. The number of halogens is 2. The van der Waals surface area contributed by atoms with Crippen LogP contribution < -0.4 is 0 Å². The van der Waals surface area contributed by atoms with Crippen molar-refractivity contribution in [2.45, 2.75) is 12.7 Å². The van der Waals surface area contributed by atoms with Gasteiger partial charge in [0, 0.05) is 5.02 Å². The van der Waals surface area contributed by atoms with Crippen molar-refractivity contribution in [1.29, 1.82) is 0 Å². The van der Waals surface area contributed by atoms with E-state index < -0.39 is 16.0 Å². The van der Waals surface area contributed by atoms with Crippen LogP contribution >= 0.6 is 11.6 Å². The smallest absolute Gasteiger partial charge is 0.194 e. The molecule has 0 spiro atoms. The van der Waals surface area contributed by atoms with E-state index in [1.54, 1.807) is 19.1 Å². The van der Waals surface area contributed by atoms with Crippen molar-refractivity contribution in [3.63, 3.8) is 0 Å². The topological polar surface area (TPSA) is 34.1 Å². The molecule has 0 saturated heterocycles. The predicted octanol–water partition coefficient (Wildman–Crippen LogP) is 2.45. The lowest BCUT2D eigenvalue weighted by molar-refractivity contribution is 0.551. The number of benzene rings is 1. The van der Waals surface area contributed by atoms with E-state index in [0.717, 1.165) is 5.56 Å². The van der Waals surface area contributed by atoms with E-state index >= 15 is 0 Å². The van der Waals surface area contributed by atoms with Crippen molar-refractivity contribution >= 4 is 21.8 Å². The molecule has 0 amide bonds. The van der Waals surface area contributed by atoms with Crippen molar-refractivity contribution < 1.29 is 12.3 Å². The Kier molecular flexibility index (Phi) is 2.93. The number of hydrogen-bond acceptors (Lipinski definition) is 2. The Labute approximate surface area is 81.6 Å². The minimum absolute atomic E-state index is 0.296. The highest BCUT2D eigenvalue weighted by Gasteiger charge is 2.12. The minimum Gasteiger partial charge on any atom is -0.194 e. The van der Waals surface area contributed by atoms with Gasteiger partial charge in [-0.25, -0.2) is 0 Å². The van der Waals surface area contributed by atoms with Crippen molar-refractivity contribution in [1.82, 2.24) is 0 Å². The van der Waals surface area contributed by atoms with Crippen LogP contribution in [0.25, 0.3) is 0 Å². The van der Waals surface area contributed by atoms with E-state index in [2.05, 4.69) is 0 Å². The molecule has 1 rings (SSSR count). The van der Waals surface area contributed by atoms with Gasteiger partial charge in [0.1, 0.15) is 5.75 Å². The van der Waals surface area contributed by atoms with E-state index in [4.69, 9.17) is 11.6 Å². The van der Waals surface area contributed by atoms with Gasteiger partial charge >= 0.3 is 10.2 Å². The molecule has 0 unspecified atom stereocenters.